The lowest BCUT2D eigenvalue weighted by molar-refractivity contribution is 0.0911. The minimum Gasteiger partial charge on any atom is -0.396 e. The number of nitrogens with zero attached hydrogens (tertiary/aromatic N) is 2. The second-order valence-corrected chi connectivity index (χ2v) is 5.34. The van der Waals surface area contributed by atoms with E-state index in [1.807, 2.05) is 51.1 Å². The SMILES string of the molecule is Cc1cc(C(=O)NC(C)C(C)CO)nn1-c1ccccc1. The maximum atomic E-state index is 12.2. The van der Waals surface area contributed by atoms with Gasteiger partial charge in [0, 0.05) is 18.3 Å². The Bertz CT molecular complexity index is 607. The van der Waals surface area contributed by atoms with Gasteiger partial charge in [0.25, 0.3) is 5.91 Å². The Kier molecular flexibility index (Phi) is 4.75. The van der Waals surface area contributed by atoms with Gasteiger partial charge in [-0.1, -0.05) is 25.1 Å². The molecule has 2 rings (SSSR count). The highest BCUT2D eigenvalue weighted by Gasteiger charge is 2.18. The van der Waals surface area contributed by atoms with Crippen molar-refractivity contribution in [2.24, 2.45) is 5.92 Å². The van der Waals surface area contributed by atoms with E-state index < -0.39 is 0 Å². The highest BCUT2D eigenvalue weighted by Crippen LogP contribution is 2.12. The second-order valence-electron chi connectivity index (χ2n) is 5.34. The number of aryl methyl sites for hydroxylation is 1. The summed E-state index contributed by atoms with van der Waals surface area (Å²) in [5.41, 5.74) is 2.20. The summed E-state index contributed by atoms with van der Waals surface area (Å²) in [6.45, 7) is 5.72. The minimum atomic E-state index is -0.222. The topological polar surface area (TPSA) is 67.2 Å². The molecule has 0 bridgehead atoms. The Hall–Kier alpha value is -2.14. The number of hydrogen-bond acceptors (Lipinski definition) is 3. The summed E-state index contributed by atoms with van der Waals surface area (Å²) in [6.07, 6.45) is 0. The van der Waals surface area contributed by atoms with Gasteiger partial charge in [-0.3, -0.25) is 4.79 Å². The first-order valence-corrected chi connectivity index (χ1v) is 7.06. The number of benzene rings is 1. The van der Waals surface area contributed by atoms with Crippen LogP contribution in [0.4, 0.5) is 0 Å². The monoisotopic (exact) mass is 287 g/mol. The summed E-state index contributed by atoms with van der Waals surface area (Å²) in [5.74, 6) is -0.216. The van der Waals surface area contributed by atoms with Crippen molar-refractivity contribution in [3.8, 4) is 5.69 Å². The fraction of sp³-hybridized carbons (Fsp3) is 0.375. The van der Waals surface area contributed by atoms with Gasteiger partial charge < -0.3 is 10.4 Å². The Balaban J connectivity index is 2.17. The predicted octanol–water partition coefficient (Wildman–Crippen LogP) is 1.93. The van der Waals surface area contributed by atoms with Crippen molar-refractivity contribution in [1.29, 1.82) is 0 Å². The van der Waals surface area contributed by atoms with E-state index in [0.717, 1.165) is 11.4 Å². The van der Waals surface area contributed by atoms with Crippen LogP contribution in [0.3, 0.4) is 0 Å². The lowest BCUT2D eigenvalue weighted by Gasteiger charge is -2.18. The molecule has 0 saturated heterocycles. The van der Waals surface area contributed by atoms with Crippen molar-refractivity contribution in [3.63, 3.8) is 0 Å². The molecule has 0 aliphatic heterocycles. The molecule has 1 aromatic carbocycles. The van der Waals surface area contributed by atoms with Crippen molar-refractivity contribution < 1.29 is 9.90 Å². The molecule has 2 unspecified atom stereocenters. The van der Waals surface area contributed by atoms with Crippen LogP contribution >= 0.6 is 0 Å². The van der Waals surface area contributed by atoms with E-state index in [0.29, 0.717) is 5.69 Å². The number of carbonyl (C=O) groups excluding carboxylic acids is 1. The van der Waals surface area contributed by atoms with Crippen LogP contribution in [0.2, 0.25) is 0 Å². The number of amides is 1. The van der Waals surface area contributed by atoms with Crippen molar-refractivity contribution in [1.82, 2.24) is 15.1 Å². The molecule has 1 aromatic heterocycles. The van der Waals surface area contributed by atoms with Crippen molar-refractivity contribution >= 4 is 5.91 Å². The number of aromatic nitrogens is 2. The number of rotatable bonds is 5. The van der Waals surface area contributed by atoms with E-state index in [1.54, 1.807) is 10.7 Å². The normalized spacial score (nSPS) is 13.7. The molecule has 5 nitrogen and oxygen atoms in total. The smallest absolute Gasteiger partial charge is 0.272 e. The third-order valence-corrected chi connectivity index (χ3v) is 3.62. The molecule has 0 fully saturated rings. The van der Waals surface area contributed by atoms with E-state index in [9.17, 15) is 4.79 Å². The molecule has 2 N–H and O–H groups in total. The highest BCUT2D eigenvalue weighted by atomic mass is 16.3. The molecule has 5 heteroatoms. The van der Waals surface area contributed by atoms with Gasteiger partial charge in [0.2, 0.25) is 0 Å². The van der Waals surface area contributed by atoms with Gasteiger partial charge in [0.1, 0.15) is 0 Å². The summed E-state index contributed by atoms with van der Waals surface area (Å²) in [4.78, 5) is 12.2. The van der Waals surface area contributed by atoms with E-state index in [1.165, 1.54) is 0 Å². The molecule has 1 heterocycles. The molecular weight excluding hydrogens is 266 g/mol. The molecule has 0 aliphatic rings. The van der Waals surface area contributed by atoms with Crippen molar-refractivity contribution in [2.45, 2.75) is 26.8 Å². The summed E-state index contributed by atoms with van der Waals surface area (Å²) < 4.78 is 1.75. The first-order chi connectivity index (χ1) is 10.0. The maximum absolute atomic E-state index is 12.2. The molecular formula is C16H21N3O2. The van der Waals surface area contributed by atoms with Gasteiger partial charge in [0.15, 0.2) is 5.69 Å². The summed E-state index contributed by atoms with van der Waals surface area (Å²) >= 11 is 0. The third kappa shape index (κ3) is 3.49. The Morgan fingerprint density at radius 2 is 2.00 bits per heavy atom. The van der Waals surface area contributed by atoms with E-state index in [4.69, 9.17) is 5.11 Å². The van der Waals surface area contributed by atoms with Crippen LogP contribution in [0.5, 0.6) is 0 Å². The quantitative estimate of drug-likeness (QED) is 0.883. The van der Waals surface area contributed by atoms with Crippen LogP contribution in [0.15, 0.2) is 36.4 Å². The molecule has 2 aromatic rings. The number of aliphatic hydroxyl groups is 1. The van der Waals surface area contributed by atoms with Gasteiger partial charge in [-0.15, -0.1) is 0 Å². The lowest BCUT2D eigenvalue weighted by Crippen LogP contribution is -2.38. The first kappa shape index (κ1) is 15.3. The molecule has 112 valence electrons. The van der Waals surface area contributed by atoms with Gasteiger partial charge in [0.05, 0.1) is 5.69 Å². The van der Waals surface area contributed by atoms with Gasteiger partial charge >= 0.3 is 0 Å². The van der Waals surface area contributed by atoms with Crippen LogP contribution in [-0.2, 0) is 0 Å². The molecule has 21 heavy (non-hydrogen) atoms. The van der Waals surface area contributed by atoms with E-state index in [2.05, 4.69) is 10.4 Å². The molecule has 2 atom stereocenters. The first-order valence-electron chi connectivity index (χ1n) is 7.06. The van der Waals surface area contributed by atoms with Crippen molar-refractivity contribution in [3.05, 3.63) is 47.8 Å². The number of carbonyl (C=O) groups is 1. The molecule has 0 spiro atoms. The van der Waals surface area contributed by atoms with E-state index in [-0.39, 0.29) is 24.5 Å². The molecule has 0 aliphatic carbocycles. The number of aliphatic hydroxyl groups excluding tert-OH is 1. The van der Waals surface area contributed by atoms with Crippen LogP contribution in [0.25, 0.3) is 5.69 Å². The van der Waals surface area contributed by atoms with Crippen molar-refractivity contribution in [2.75, 3.05) is 6.61 Å². The predicted molar refractivity (Wildman–Crippen MR) is 81.5 cm³/mol. The molecule has 0 radical (unpaired) electrons. The van der Waals surface area contributed by atoms with Crippen LogP contribution in [0.1, 0.15) is 30.0 Å². The van der Waals surface area contributed by atoms with Gasteiger partial charge in [-0.05, 0) is 38.0 Å². The average Bonchev–Trinajstić information content (AvgIpc) is 2.89. The zero-order chi connectivity index (χ0) is 15.4. The largest absolute Gasteiger partial charge is 0.396 e. The summed E-state index contributed by atoms with van der Waals surface area (Å²) in [7, 11) is 0. The fourth-order valence-corrected chi connectivity index (χ4v) is 2.00. The number of nitrogens with one attached hydrogen (secondary N) is 1. The summed E-state index contributed by atoms with van der Waals surface area (Å²) in [6, 6.07) is 11.3. The Morgan fingerprint density at radius 3 is 2.62 bits per heavy atom. The van der Waals surface area contributed by atoms with Crippen LogP contribution in [-0.4, -0.2) is 33.4 Å². The van der Waals surface area contributed by atoms with Gasteiger partial charge in [-0.25, -0.2) is 4.68 Å². The minimum absolute atomic E-state index is 0.00579. The lowest BCUT2D eigenvalue weighted by atomic mass is 10.1. The average molecular weight is 287 g/mol. The fourth-order valence-electron chi connectivity index (χ4n) is 2.00. The maximum Gasteiger partial charge on any atom is 0.272 e. The van der Waals surface area contributed by atoms with Gasteiger partial charge in [-0.2, -0.15) is 5.10 Å². The molecule has 1 amide bonds. The zero-order valence-corrected chi connectivity index (χ0v) is 12.6. The number of para-hydroxylation sites is 1. The highest BCUT2D eigenvalue weighted by molar-refractivity contribution is 5.92. The van der Waals surface area contributed by atoms with Crippen LogP contribution in [0, 0.1) is 12.8 Å². The standard InChI is InChI=1S/C16H21N3O2/c1-11(10-20)13(3)17-16(21)15-9-12(2)19(18-15)14-7-5-4-6-8-14/h4-9,11,13,20H,10H2,1-3H3,(H,17,21). The van der Waals surface area contributed by atoms with E-state index >= 15 is 0 Å². The Labute approximate surface area is 124 Å². The van der Waals surface area contributed by atoms with Crippen LogP contribution < -0.4 is 5.32 Å². The molecule has 0 saturated carbocycles. The second kappa shape index (κ2) is 6.54. The number of hydrogen-bond donors (Lipinski definition) is 2. The third-order valence-electron chi connectivity index (χ3n) is 3.62. The Morgan fingerprint density at radius 1 is 1.33 bits per heavy atom. The zero-order valence-electron chi connectivity index (χ0n) is 12.6. The summed E-state index contributed by atoms with van der Waals surface area (Å²) in [5, 5.41) is 16.3.